The van der Waals surface area contributed by atoms with Gasteiger partial charge in [0.25, 0.3) is 0 Å². The molecule has 0 saturated carbocycles. The third-order valence-electron chi connectivity index (χ3n) is 3.85. The summed E-state index contributed by atoms with van der Waals surface area (Å²) in [4.78, 5) is 20.9. The van der Waals surface area contributed by atoms with Gasteiger partial charge in [-0.1, -0.05) is 30.3 Å². The molecular weight excluding hydrogens is 403 g/mol. The molecule has 0 bridgehead atoms. The van der Waals surface area contributed by atoms with Crippen molar-refractivity contribution in [2.75, 3.05) is 5.73 Å². The van der Waals surface area contributed by atoms with Crippen LogP contribution >= 0.6 is 15.9 Å². The van der Waals surface area contributed by atoms with Crippen LogP contribution in [0, 0.1) is 5.82 Å². The standard InChI is InChI=1S/C17H12BrFN6O/c18-13-14(10-4-2-1-3-5-10)22-16(20)25-15(13)23-24(17(25)26)9-12-7-6-11(19)8-21-12/h1-8H,9H2,(H2,20,22). The molecule has 26 heavy (non-hydrogen) atoms. The van der Waals surface area contributed by atoms with Gasteiger partial charge in [0, 0.05) is 5.56 Å². The van der Waals surface area contributed by atoms with E-state index in [1.807, 2.05) is 30.3 Å². The van der Waals surface area contributed by atoms with Crippen molar-refractivity contribution in [1.82, 2.24) is 24.1 Å². The van der Waals surface area contributed by atoms with Crippen LogP contribution in [-0.2, 0) is 6.54 Å². The van der Waals surface area contributed by atoms with Gasteiger partial charge in [-0.25, -0.2) is 23.3 Å². The Labute approximate surface area is 155 Å². The van der Waals surface area contributed by atoms with Crippen LogP contribution in [0.4, 0.5) is 10.3 Å². The van der Waals surface area contributed by atoms with Gasteiger partial charge in [-0.2, -0.15) is 0 Å². The Balaban J connectivity index is 1.86. The fourth-order valence-corrected chi connectivity index (χ4v) is 3.19. The summed E-state index contributed by atoms with van der Waals surface area (Å²) in [6, 6.07) is 12.2. The number of benzene rings is 1. The normalized spacial score (nSPS) is 11.2. The zero-order chi connectivity index (χ0) is 18.3. The average molecular weight is 415 g/mol. The molecule has 2 N–H and O–H groups in total. The molecule has 0 aliphatic carbocycles. The minimum absolute atomic E-state index is 0.0327. The maximum atomic E-state index is 13.0. The molecule has 130 valence electrons. The highest BCUT2D eigenvalue weighted by atomic mass is 79.9. The fraction of sp³-hybridized carbons (Fsp3) is 0.0588. The molecule has 0 unspecified atom stereocenters. The SMILES string of the molecule is Nc1nc(-c2ccccc2)c(Br)c2nn(Cc3ccc(F)cn3)c(=O)n12. The van der Waals surface area contributed by atoms with Crippen molar-refractivity contribution in [3.05, 3.63) is 75.1 Å². The van der Waals surface area contributed by atoms with Gasteiger partial charge in [0.15, 0.2) is 5.65 Å². The predicted molar refractivity (Wildman–Crippen MR) is 98.1 cm³/mol. The van der Waals surface area contributed by atoms with Crippen molar-refractivity contribution < 1.29 is 4.39 Å². The Hall–Kier alpha value is -3.07. The number of pyridine rings is 1. The molecule has 3 heterocycles. The van der Waals surface area contributed by atoms with E-state index in [1.54, 1.807) is 0 Å². The van der Waals surface area contributed by atoms with E-state index in [2.05, 4.69) is 31.0 Å². The molecule has 1 aromatic carbocycles. The molecule has 4 aromatic rings. The first-order valence-electron chi connectivity index (χ1n) is 7.65. The Kier molecular flexibility index (Phi) is 4.00. The minimum atomic E-state index is -0.448. The predicted octanol–water partition coefficient (Wildman–Crippen LogP) is 2.49. The smallest absolute Gasteiger partial charge is 0.353 e. The van der Waals surface area contributed by atoms with Crippen molar-refractivity contribution >= 4 is 27.5 Å². The van der Waals surface area contributed by atoms with Gasteiger partial charge in [-0.3, -0.25) is 4.98 Å². The highest BCUT2D eigenvalue weighted by Gasteiger charge is 2.18. The number of nitrogens with zero attached hydrogens (tertiary/aromatic N) is 5. The van der Waals surface area contributed by atoms with Crippen LogP contribution < -0.4 is 11.4 Å². The van der Waals surface area contributed by atoms with Gasteiger partial charge in [-0.05, 0) is 28.1 Å². The Morgan fingerprint density at radius 3 is 2.62 bits per heavy atom. The van der Waals surface area contributed by atoms with Crippen LogP contribution in [0.25, 0.3) is 16.9 Å². The van der Waals surface area contributed by atoms with Gasteiger partial charge in [0.2, 0.25) is 5.95 Å². The molecule has 0 aliphatic rings. The Morgan fingerprint density at radius 2 is 1.92 bits per heavy atom. The molecule has 0 radical (unpaired) electrons. The average Bonchev–Trinajstić information content (AvgIpc) is 2.98. The van der Waals surface area contributed by atoms with Crippen molar-refractivity contribution in [3.63, 3.8) is 0 Å². The molecule has 0 aliphatic heterocycles. The van der Waals surface area contributed by atoms with Crippen LogP contribution in [0.15, 0.2) is 57.9 Å². The van der Waals surface area contributed by atoms with Crippen molar-refractivity contribution in [3.8, 4) is 11.3 Å². The largest absolute Gasteiger partial charge is 0.369 e. The lowest BCUT2D eigenvalue weighted by Gasteiger charge is -2.06. The van der Waals surface area contributed by atoms with Crippen LogP contribution in [0.5, 0.6) is 0 Å². The molecule has 0 saturated heterocycles. The Bertz CT molecular complexity index is 1150. The number of nitrogen functional groups attached to an aromatic ring is 1. The molecule has 0 atom stereocenters. The lowest BCUT2D eigenvalue weighted by atomic mass is 10.1. The molecule has 0 fully saturated rings. The number of aromatic nitrogens is 5. The second kappa shape index (κ2) is 6.34. The van der Waals surface area contributed by atoms with Crippen LogP contribution in [0.3, 0.4) is 0 Å². The van der Waals surface area contributed by atoms with Crippen molar-refractivity contribution in [2.24, 2.45) is 0 Å². The van der Waals surface area contributed by atoms with Gasteiger partial charge >= 0.3 is 5.69 Å². The van der Waals surface area contributed by atoms with Gasteiger partial charge in [-0.15, -0.1) is 5.10 Å². The van der Waals surface area contributed by atoms with Crippen LogP contribution in [-0.4, -0.2) is 24.1 Å². The zero-order valence-corrected chi connectivity index (χ0v) is 14.9. The highest BCUT2D eigenvalue weighted by molar-refractivity contribution is 9.10. The third kappa shape index (κ3) is 2.76. The first-order valence-corrected chi connectivity index (χ1v) is 8.44. The summed E-state index contributed by atoms with van der Waals surface area (Å²) < 4.78 is 16.0. The second-order valence-corrected chi connectivity index (χ2v) is 6.36. The quantitative estimate of drug-likeness (QED) is 0.555. The van der Waals surface area contributed by atoms with Gasteiger partial charge in [0.05, 0.1) is 28.6 Å². The topological polar surface area (TPSA) is 91.1 Å². The van der Waals surface area contributed by atoms with E-state index in [1.165, 1.54) is 21.2 Å². The van der Waals surface area contributed by atoms with E-state index in [0.29, 0.717) is 21.5 Å². The van der Waals surface area contributed by atoms with Crippen LogP contribution in [0.2, 0.25) is 0 Å². The number of nitrogens with two attached hydrogens (primary N) is 1. The number of anilines is 1. The second-order valence-electron chi connectivity index (χ2n) is 5.57. The van der Waals surface area contributed by atoms with Gasteiger partial charge in [0.1, 0.15) is 5.82 Å². The summed E-state index contributed by atoms with van der Waals surface area (Å²) in [5.74, 6) is -0.412. The van der Waals surface area contributed by atoms with E-state index in [-0.39, 0.29) is 12.5 Å². The molecule has 3 aromatic heterocycles. The molecular formula is C17H12BrFN6O. The molecule has 9 heteroatoms. The molecule has 7 nitrogen and oxygen atoms in total. The summed E-state index contributed by atoms with van der Waals surface area (Å²) in [5.41, 5.74) is 7.84. The van der Waals surface area contributed by atoms with Crippen molar-refractivity contribution in [1.29, 1.82) is 0 Å². The third-order valence-corrected chi connectivity index (χ3v) is 4.58. The Morgan fingerprint density at radius 1 is 1.15 bits per heavy atom. The highest BCUT2D eigenvalue weighted by Crippen LogP contribution is 2.29. The fourth-order valence-electron chi connectivity index (χ4n) is 2.62. The number of halogens is 2. The lowest BCUT2D eigenvalue weighted by Crippen LogP contribution is -2.24. The van der Waals surface area contributed by atoms with E-state index in [9.17, 15) is 9.18 Å². The monoisotopic (exact) mass is 414 g/mol. The lowest BCUT2D eigenvalue weighted by molar-refractivity contribution is 0.609. The summed E-state index contributed by atoms with van der Waals surface area (Å²) >= 11 is 3.48. The maximum Gasteiger partial charge on any atom is 0.353 e. The number of hydrogen-bond donors (Lipinski definition) is 1. The van der Waals surface area contributed by atoms with Gasteiger partial charge < -0.3 is 5.73 Å². The molecule has 0 spiro atoms. The number of rotatable bonds is 3. The first-order chi connectivity index (χ1) is 12.5. The van der Waals surface area contributed by atoms with Crippen molar-refractivity contribution in [2.45, 2.75) is 6.54 Å². The first kappa shape index (κ1) is 16.4. The summed E-state index contributed by atoms with van der Waals surface area (Å²) in [5, 5.41) is 4.34. The van der Waals surface area contributed by atoms with E-state index < -0.39 is 11.5 Å². The number of hydrogen-bond acceptors (Lipinski definition) is 5. The summed E-state index contributed by atoms with van der Waals surface area (Å²) in [7, 11) is 0. The molecule has 4 rings (SSSR count). The summed E-state index contributed by atoms with van der Waals surface area (Å²) in [6.07, 6.45) is 1.09. The summed E-state index contributed by atoms with van der Waals surface area (Å²) in [6.45, 7) is 0.0906. The van der Waals surface area contributed by atoms with Crippen LogP contribution in [0.1, 0.15) is 5.69 Å². The van der Waals surface area contributed by atoms with E-state index in [4.69, 9.17) is 5.73 Å². The zero-order valence-electron chi connectivity index (χ0n) is 13.3. The number of fused-ring (bicyclic) bond motifs is 1. The van der Waals surface area contributed by atoms with E-state index >= 15 is 0 Å². The van der Waals surface area contributed by atoms with E-state index in [0.717, 1.165) is 11.8 Å². The molecule has 0 amide bonds. The minimum Gasteiger partial charge on any atom is -0.369 e. The maximum absolute atomic E-state index is 13.0.